The monoisotopic (exact) mass is 285 g/mol. The van der Waals surface area contributed by atoms with E-state index in [1.54, 1.807) is 24.3 Å². The Morgan fingerprint density at radius 1 is 1.10 bits per heavy atom. The van der Waals surface area contributed by atoms with Crippen LogP contribution in [0.2, 0.25) is 0 Å². The first-order chi connectivity index (χ1) is 10.1. The fourth-order valence-corrected chi connectivity index (χ4v) is 1.94. The molecule has 1 heterocycles. The average Bonchev–Trinajstić information content (AvgIpc) is 2.50. The van der Waals surface area contributed by atoms with Gasteiger partial charge in [0.25, 0.3) is 0 Å². The van der Waals surface area contributed by atoms with Crippen LogP contribution < -0.4 is 5.63 Å². The van der Waals surface area contributed by atoms with Crippen molar-refractivity contribution in [2.75, 3.05) is 0 Å². The maximum Gasteiger partial charge on any atom is 0.347 e. The molecule has 0 fully saturated rings. The Hall–Kier alpha value is -2.49. The Balaban J connectivity index is 0.000000774. The van der Waals surface area contributed by atoms with Gasteiger partial charge in [0, 0.05) is 0 Å². The highest BCUT2D eigenvalue weighted by Crippen LogP contribution is 2.21. The maximum absolute atomic E-state index is 13.7. The summed E-state index contributed by atoms with van der Waals surface area (Å²) in [7, 11) is 0. The zero-order valence-corrected chi connectivity index (χ0v) is 12.2. The molecule has 0 aliphatic carbocycles. The van der Waals surface area contributed by atoms with E-state index < -0.39 is 11.4 Å². The lowest BCUT2D eigenvalue weighted by molar-refractivity contribution is 0.511. The Bertz CT molecular complexity index is 824. The topological polar surface area (TPSA) is 43.1 Å². The molecule has 0 saturated carbocycles. The molecule has 0 unspecified atom stereocenters. The molecule has 0 amide bonds. The predicted molar refractivity (Wildman–Crippen MR) is 81.8 cm³/mol. The Kier molecular flexibility index (Phi) is 4.48. The third-order valence-electron chi connectivity index (χ3n) is 2.89. The zero-order chi connectivity index (χ0) is 15.4. The van der Waals surface area contributed by atoms with Gasteiger partial charge in [-0.15, -0.1) is 0 Å². The summed E-state index contributed by atoms with van der Waals surface area (Å²) in [6.07, 6.45) is 0. The highest BCUT2D eigenvalue weighted by Gasteiger charge is 2.11. The van der Waals surface area contributed by atoms with Crippen LogP contribution in [0.3, 0.4) is 0 Å². The van der Waals surface area contributed by atoms with Crippen molar-refractivity contribution in [3.63, 3.8) is 0 Å². The van der Waals surface area contributed by atoms with Crippen LogP contribution in [0.25, 0.3) is 22.4 Å². The second-order valence-corrected chi connectivity index (χ2v) is 4.31. The molecular weight excluding hydrogens is 269 g/mol. The molecule has 2 aromatic carbocycles. The normalized spacial score (nSPS) is 10.1. The van der Waals surface area contributed by atoms with Crippen molar-refractivity contribution in [1.29, 1.82) is 0 Å². The average molecular weight is 285 g/mol. The summed E-state index contributed by atoms with van der Waals surface area (Å²) in [6, 6.07) is 11.4. The fourth-order valence-electron chi connectivity index (χ4n) is 1.94. The summed E-state index contributed by atoms with van der Waals surface area (Å²) < 4.78 is 18.8. The lowest BCUT2D eigenvalue weighted by Gasteiger charge is -2.03. The van der Waals surface area contributed by atoms with Gasteiger partial charge in [0.2, 0.25) is 5.89 Å². The van der Waals surface area contributed by atoms with E-state index in [1.807, 2.05) is 26.8 Å². The number of fused-ring (bicyclic) bond motifs is 1. The largest absolute Gasteiger partial charge is 0.403 e. The van der Waals surface area contributed by atoms with Gasteiger partial charge in [0.05, 0.1) is 16.5 Å². The number of nitrogens with zero attached hydrogens (tertiary/aromatic N) is 1. The lowest BCUT2D eigenvalue weighted by atomic mass is 10.1. The molecule has 108 valence electrons. The summed E-state index contributed by atoms with van der Waals surface area (Å²) in [5.41, 5.74) is 1.12. The van der Waals surface area contributed by atoms with Crippen LogP contribution in [0, 0.1) is 12.7 Å². The highest BCUT2D eigenvalue weighted by molar-refractivity contribution is 5.79. The van der Waals surface area contributed by atoms with E-state index in [0.29, 0.717) is 10.9 Å². The number of halogens is 1. The molecular formula is C17H16FNO2. The molecule has 3 rings (SSSR count). The van der Waals surface area contributed by atoms with Gasteiger partial charge in [0.15, 0.2) is 0 Å². The molecule has 0 atom stereocenters. The van der Waals surface area contributed by atoms with Gasteiger partial charge in [-0.2, -0.15) is 0 Å². The summed E-state index contributed by atoms with van der Waals surface area (Å²) in [4.78, 5) is 16.1. The van der Waals surface area contributed by atoms with E-state index in [-0.39, 0.29) is 11.5 Å². The van der Waals surface area contributed by atoms with Crippen LogP contribution in [0.15, 0.2) is 51.7 Å². The number of aromatic nitrogens is 1. The molecule has 0 spiro atoms. The van der Waals surface area contributed by atoms with Gasteiger partial charge in [-0.05, 0) is 31.2 Å². The molecule has 21 heavy (non-hydrogen) atoms. The number of hydrogen-bond donors (Lipinski definition) is 0. The second kappa shape index (κ2) is 6.31. The van der Waals surface area contributed by atoms with Crippen LogP contribution in [0.1, 0.15) is 19.4 Å². The van der Waals surface area contributed by atoms with Crippen LogP contribution >= 0.6 is 0 Å². The molecule has 3 nitrogen and oxygen atoms in total. The van der Waals surface area contributed by atoms with Crippen molar-refractivity contribution < 1.29 is 8.81 Å². The van der Waals surface area contributed by atoms with Crippen molar-refractivity contribution in [2.45, 2.75) is 20.8 Å². The number of benzene rings is 2. The smallest absolute Gasteiger partial charge is 0.347 e. The number of aryl methyl sites for hydroxylation is 1. The van der Waals surface area contributed by atoms with Gasteiger partial charge in [-0.1, -0.05) is 37.6 Å². The maximum atomic E-state index is 13.7. The van der Waals surface area contributed by atoms with E-state index in [4.69, 9.17) is 4.42 Å². The van der Waals surface area contributed by atoms with Crippen LogP contribution in [0.5, 0.6) is 0 Å². The molecule has 0 bridgehead atoms. The van der Waals surface area contributed by atoms with Gasteiger partial charge in [-0.25, -0.2) is 14.2 Å². The van der Waals surface area contributed by atoms with Gasteiger partial charge >= 0.3 is 5.63 Å². The Morgan fingerprint density at radius 2 is 1.81 bits per heavy atom. The first-order valence-electron chi connectivity index (χ1n) is 6.81. The predicted octanol–water partition coefficient (Wildman–Crippen LogP) is 4.33. The van der Waals surface area contributed by atoms with E-state index in [9.17, 15) is 9.18 Å². The van der Waals surface area contributed by atoms with Crippen LogP contribution in [0.4, 0.5) is 4.39 Å². The molecule has 0 N–H and O–H groups in total. The van der Waals surface area contributed by atoms with E-state index >= 15 is 0 Å². The molecule has 0 aliphatic rings. The van der Waals surface area contributed by atoms with Gasteiger partial charge in [0.1, 0.15) is 5.82 Å². The van der Waals surface area contributed by atoms with E-state index in [1.165, 1.54) is 12.1 Å². The zero-order valence-electron chi connectivity index (χ0n) is 12.2. The Morgan fingerprint density at radius 3 is 2.52 bits per heavy atom. The minimum Gasteiger partial charge on any atom is -0.403 e. The van der Waals surface area contributed by atoms with Crippen LogP contribution in [-0.2, 0) is 0 Å². The summed E-state index contributed by atoms with van der Waals surface area (Å²) in [5.74, 6) is -0.468. The first kappa shape index (κ1) is 14.9. The van der Waals surface area contributed by atoms with Crippen molar-refractivity contribution in [3.05, 3.63) is 64.3 Å². The standard InChI is InChI=1S/C15H10FNO2.C2H6/c1-9-6-7-13-11(8-9)15(18)19-14(17-13)10-4-2-3-5-12(10)16;1-2/h2-8H,1H3;1-2H3. The van der Waals surface area contributed by atoms with Gasteiger partial charge in [-0.3, -0.25) is 0 Å². The lowest BCUT2D eigenvalue weighted by Crippen LogP contribution is -2.03. The Labute approximate surface area is 122 Å². The molecule has 1 aromatic heterocycles. The summed E-state index contributed by atoms with van der Waals surface area (Å²) in [5, 5.41) is 0.403. The SMILES string of the molecule is CC.Cc1ccc2nc(-c3ccccc3F)oc(=O)c2c1. The first-order valence-corrected chi connectivity index (χ1v) is 6.81. The van der Waals surface area contributed by atoms with Crippen molar-refractivity contribution in [3.8, 4) is 11.5 Å². The molecule has 0 saturated heterocycles. The fraction of sp³-hybridized carbons (Fsp3) is 0.176. The molecule has 0 radical (unpaired) electrons. The van der Waals surface area contributed by atoms with Crippen LogP contribution in [-0.4, -0.2) is 4.98 Å². The molecule has 3 aromatic rings. The third-order valence-corrected chi connectivity index (χ3v) is 2.89. The quantitative estimate of drug-likeness (QED) is 0.668. The van der Waals surface area contributed by atoms with Gasteiger partial charge < -0.3 is 4.42 Å². The minimum absolute atomic E-state index is 0.000506. The summed E-state index contributed by atoms with van der Waals surface area (Å²) in [6.45, 7) is 5.88. The molecule has 4 heteroatoms. The van der Waals surface area contributed by atoms with Crippen molar-refractivity contribution in [2.24, 2.45) is 0 Å². The second-order valence-electron chi connectivity index (χ2n) is 4.31. The number of rotatable bonds is 1. The summed E-state index contributed by atoms with van der Waals surface area (Å²) >= 11 is 0. The number of hydrogen-bond acceptors (Lipinski definition) is 3. The van der Waals surface area contributed by atoms with E-state index in [0.717, 1.165) is 5.56 Å². The van der Waals surface area contributed by atoms with Crippen molar-refractivity contribution in [1.82, 2.24) is 4.98 Å². The van der Waals surface area contributed by atoms with Crippen molar-refractivity contribution >= 4 is 10.9 Å². The van der Waals surface area contributed by atoms with E-state index in [2.05, 4.69) is 4.98 Å². The third kappa shape index (κ3) is 2.99. The highest BCUT2D eigenvalue weighted by atomic mass is 19.1. The molecule has 0 aliphatic heterocycles. The minimum atomic E-state index is -0.507.